The first-order chi connectivity index (χ1) is 13.1. The predicted octanol–water partition coefficient (Wildman–Crippen LogP) is 3.91. The van der Waals surface area contributed by atoms with E-state index >= 15 is 0 Å². The van der Waals surface area contributed by atoms with Gasteiger partial charge < -0.3 is 10.1 Å². The third-order valence-corrected chi connectivity index (χ3v) is 5.62. The fraction of sp³-hybridized carbons (Fsp3) is 0.350. The summed E-state index contributed by atoms with van der Waals surface area (Å²) in [7, 11) is -3.57. The number of nitrogens with one attached hydrogen (secondary N) is 2. The highest BCUT2D eigenvalue weighted by Crippen LogP contribution is 2.23. The van der Waals surface area contributed by atoms with E-state index in [2.05, 4.69) is 10.0 Å². The molecule has 0 aromatic heterocycles. The third-order valence-electron chi connectivity index (χ3n) is 3.96. The number of benzene rings is 2. The topological polar surface area (TPSA) is 84.5 Å². The second-order valence-electron chi connectivity index (χ2n) is 6.97. The van der Waals surface area contributed by atoms with Crippen LogP contribution in [0, 0.1) is 19.8 Å². The summed E-state index contributed by atoms with van der Waals surface area (Å²) in [6, 6.07) is 9.73. The lowest BCUT2D eigenvalue weighted by atomic mass is 10.2. The Kier molecular flexibility index (Phi) is 7.46. The van der Waals surface area contributed by atoms with E-state index in [1.165, 1.54) is 12.1 Å². The van der Waals surface area contributed by atoms with Gasteiger partial charge in [-0.05, 0) is 67.3 Å². The minimum absolute atomic E-state index is 0.166. The Labute approximate surface area is 171 Å². The number of sulfonamides is 1. The van der Waals surface area contributed by atoms with Gasteiger partial charge >= 0.3 is 0 Å². The number of amides is 1. The van der Waals surface area contributed by atoms with Crippen molar-refractivity contribution in [3.8, 4) is 5.75 Å². The highest BCUT2D eigenvalue weighted by Gasteiger charge is 2.16. The monoisotopic (exact) mass is 424 g/mol. The molecule has 0 heterocycles. The summed E-state index contributed by atoms with van der Waals surface area (Å²) in [6.07, 6.45) is 0. The van der Waals surface area contributed by atoms with Crippen LogP contribution in [0.3, 0.4) is 0 Å². The molecular weight excluding hydrogens is 400 g/mol. The van der Waals surface area contributed by atoms with Crippen molar-refractivity contribution in [3.05, 3.63) is 52.5 Å². The van der Waals surface area contributed by atoms with Crippen molar-refractivity contribution < 1.29 is 17.9 Å². The zero-order chi connectivity index (χ0) is 20.9. The molecule has 0 atom stereocenters. The van der Waals surface area contributed by atoms with Gasteiger partial charge in [0.1, 0.15) is 5.75 Å². The van der Waals surface area contributed by atoms with Gasteiger partial charge in [-0.2, -0.15) is 0 Å². The van der Waals surface area contributed by atoms with E-state index < -0.39 is 10.0 Å². The lowest BCUT2D eigenvalue weighted by Gasteiger charge is -2.13. The van der Waals surface area contributed by atoms with Gasteiger partial charge in [-0.3, -0.25) is 4.79 Å². The standard InChI is InChI=1S/C20H25ClN2O4S/c1-13(2)11-22-28(25,26)17-6-8-19(15(4)10-17)27-12-20(24)23-18-7-5-16(21)9-14(18)3/h5-10,13,22H,11-12H2,1-4H3,(H,23,24). The van der Waals surface area contributed by atoms with Crippen molar-refractivity contribution in [2.45, 2.75) is 32.6 Å². The molecule has 1 amide bonds. The maximum absolute atomic E-state index is 12.3. The quantitative estimate of drug-likeness (QED) is 0.672. The average molecular weight is 425 g/mol. The van der Waals surface area contributed by atoms with Crippen molar-refractivity contribution in [1.29, 1.82) is 0 Å². The van der Waals surface area contributed by atoms with Crippen LogP contribution in [0.2, 0.25) is 5.02 Å². The molecule has 0 saturated carbocycles. The van der Waals surface area contributed by atoms with Crippen LogP contribution < -0.4 is 14.8 Å². The van der Waals surface area contributed by atoms with E-state index in [9.17, 15) is 13.2 Å². The highest BCUT2D eigenvalue weighted by atomic mass is 35.5. The molecule has 8 heteroatoms. The fourth-order valence-corrected chi connectivity index (χ4v) is 3.93. The van der Waals surface area contributed by atoms with Crippen molar-refractivity contribution in [2.75, 3.05) is 18.5 Å². The largest absolute Gasteiger partial charge is 0.483 e. The molecule has 0 saturated heterocycles. The summed E-state index contributed by atoms with van der Waals surface area (Å²) < 4.78 is 32.7. The molecule has 2 N–H and O–H groups in total. The minimum atomic E-state index is -3.57. The number of rotatable bonds is 8. The molecule has 0 bridgehead atoms. The van der Waals surface area contributed by atoms with E-state index in [4.69, 9.17) is 16.3 Å². The first-order valence-corrected chi connectivity index (χ1v) is 10.7. The Bertz CT molecular complexity index is 959. The molecule has 0 aliphatic heterocycles. The molecule has 152 valence electrons. The zero-order valence-corrected chi connectivity index (χ0v) is 17.9. The van der Waals surface area contributed by atoms with Gasteiger partial charge in [0.15, 0.2) is 6.61 Å². The molecular formula is C20H25ClN2O4S. The summed E-state index contributed by atoms with van der Waals surface area (Å²) in [5.74, 6) is 0.340. The molecule has 0 spiro atoms. The van der Waals surface area contributed by atoms with Crippen LogP contribution in [0.1, 0.15) is 25.0 Å². The summed E-state index contributed by atoms with van der Waals surface area (Å²) >= 11 is 5.91. The number of halogens is 1. The molecule has 2 aromatic carbocycles. The highest BCUT2D eigenvalue weighted by molar-refractivity contribution is 7.89. The molecule has 0 unspecified atom stereocenters. The lowest BCUT2D eigenvalue weighted by Crippen LogP contribution is -2.27. The van der Waals surface area contributed by atoms with Crippen LogP contribution in [0.25, 0.3) is 0 Å². The van der Waals surface area contributed by atoms with Crippen LogP contribution in [0.5, 0.6) is 5.75 Å². The molecule has 2 rings (SSSR count). The normalized spacial score (nSPS) is 11.5. The van der Waals surface area contributed by atoms with E-state index in [0.717, 1.165) is 5.56 Å². The molecule has 2 aromatic rings. The van der Waals surface area contributed by atoms with Crippen LogP contribution in [0.4, 0.5) is 5.69 Å². The second kappa shape index (κ2) is 9.41. The number of ether oxygens (including phenoxy) is 1. The molecule has 6 nitrogen and oxygen atoms in total. The van der Waals surface area contributed by atoms with Gasteiger partial charge in [-0.15, -0.1) is 0 Å². The summed E-state index contributed by atoms with van der Waals surface area (Å²) in [4.78, 5) is 12.3. The van der Waals surface area contributed by atoms with Crippen LogP contribution >= 0.6 is 11.6 Å². The Morgan fingerprint density at radius 2 is 1.82 bits per heavy atom. The molecule has 0 aliphatic rings. The van der Waals surface area contributed by atoms with Crippen molar-refractivity contribution in [1.82, 2.24) is 4.72 Å². The van der Waals surface area contributed by atoms with Gasteiger partial charge in [-0.25, -0.2) is 13.1 Å². The van der Waals surface area contributed by atoms with Crippen LogP contribution in [-0.2, 0) is 14.8 Å². The lowest BCUT2D eigenvalue weighted by molar-refractivity contribution is -0.118. The third kappa shape index (κ3) is 6.22. The molecule has 0 radical (unpaired) electrons. The number of aryl methyl sites for hydroxylation is 2. The maximum atomic E-state index is 12.3. The average Bonchev–Trinajstić information content (AvgIpc) is 2.61. The molecule has 0 aliphatic carbocycles. The zero-order valence-electron chi connectivity index (χ0n) is 16.4. The predicted molar refractivity (Wildman–Crippen MR) is 112 cm³/mol. The fourth-order valence-electron chi connectivity index (χ4n) is 2.41. The van der Waals surface area contributed by atoms with Gasteiger partial charge in [0, 0.05) is 17.3 Å². The first-order valence-electron chi connectivity index (χ1n) is 8.87. The number of carbonyl (C=O) groups is 1. The van der Waals surface area contributed by atoms with Crippen molar-refractivity contribution >= 4 is 33.2 Å². The molecule has 0 fully saturated rings. The Morgan fingerprint density at radius 3 is 2.43 bits per heavy atom. The SMILES string of the molecule is Cc1cc(Cl)ccc1NC(=O)COc1ccc(S(=O)(=O)NCC(C)C)cc1C. The number of hydrogen-bond acceptors (Lipinski definition) is 4. The van der Waals surface area contributed by atoms with Gasteiger partial charge in [0.2, 0.25) is 10.0 Å². The van der Waals surface area contributed by atoms with Crippen molar-refractivity contribution in [3.63, 3.8) is 0 Å². The van der Waals surface area contributed by atoms with E-state index in [1.54, 1.807) is 31.2 Å². The van der Waals surface area contributed by atoms with Crippen LogP contribution in [0.15, 0.2) is 41.3 Å². The smallest absolute Gasteiger partial charge is 0.262 e. The molecule has 28 heavy (non-hydrogen) atoms. The van der Waals surface area contributed by atoms with E-state index in [-0.39, 0.29) is 23.3 Å². The summed E-state index contributed by atoms with van der Waals surface area (Å²) in [6.45, 7) is 7.62. The Balaban J connectivity index is 2.00. The van der Waals surface area contributed by atoms with E-state index in [0.29, 0.717) is 28.6 Å². The van der Waals surface area contributed by atoms with Crippen LogP contribution in [-0.4, -0.2) is 27.5 Å². The van der Waals surface area contributed by atoms with Gasteiger partial charge in [0.25, 0.3) is 5.91 Å². The van der Waals surface area contributed by atoms with Gasteiger partial charge in [0.05, 0.1) is 4.90 Å². The number of carbonyl (C=O) groups excluding carboxylic acids is 1. The minimum Gasteiger partial charge on any atom is -0.483 e. The summed E-state index contributed by atoms with van der Waals surface area (Å²) in [5.41, 5.74) is 2.13. The van der Waals surface area contributed by atoms with Crippen molar-refractivity contribution in [2.24, 2.45) is 5.92 Å². The Hall–Kier alpha value is -2.09. The second-order valence-corrected chi connectivity index (χ2v) is 9.17. The number of anilines is 1. The first kappa shape index (κ1) is 22.2. The van der Waals surface area contributed by atoms with E-state index in [1.807, 2.05) is 20.8 Å². The Morgan fingerprint density at radius 1 is 1.11 bits per heavy atom. The maximum Gasteiger partial charge on any atom is 0.262 e. The number of hydrogen-bond donors (Lipinski definition) is 2. The van der Waals surface area contributed by atoms with Gasteiger partial charge in [-0.1, -0.05) is 25.4 Å². The summed E-state index contributed by atoms with van der Waals surface area (Å²) in [5, 5.41) is 3.36.